The Morgan fingerprint density at radius 1 is 0.933 bits per heavy atom. The zero-order valence-electron chi connectivity index (χ0n) is 16.2. The van der Waals surface area contributed by atoms with E-state index >= 15 is 0 Å². The third-order valence-electron chi connectivity index (χ3n) is 5.12. The third kappa shape index (κ3) is 3.25. The molecule has 2 aliphatic heterocycles. The Bertz CT molecular complexity index is 1230. The monoisotopic (exact) mass is 446 g/mol. The highest BCUT2D eigenvalue weighted by Crippen LogP contribution is 2.49. The van der Waals surface area contributed by atoms with E-state index in [2.05, 4.69) is 48.2 Å². The molecule has 0 radical (unpaired) electrons. The number of para-hydroxylation sites is 1. The summed E-state index contributed by atoms with van der Waals surface area (Å²) in [4.78, 5) is 18.8. The fourth-order valence-corrected chi connectivity index (χ4v) is 6.13. The Labute approximate surface area is 189 Å². The lowest BCUT2D eigenvalue weighted by Crippen LogP contribution is -2.27. The van der Waals surface area contributed by atoms with Gasteiger partial charge in [0.25, 0.3) is 5.91 Å². The second-order valence-corrected chi connectivity index (χ2v) is 9.60. The van der Waals surface area contributed by atoms with Crippen LogP contribution >= 0.6 is 35.7 Å². The number of thioether (sulfide) groups is 2. The third-order valence-corrected chi connectivity index (χ3v) is 7.55. The summed E-state index contributed by atoms with van der Waals surface area (Å²) in [5.74, 6) is -0.0675. The quantitative estimate of drug-likeness (QED) is 0.335. The average Bonchev–Trinajstić information content (AvgIpc) is 3.28. The molecule has 30 heavy (non-hydrogen) atoms. The highest BCUT2D eigenvalue weighted by molar-refractivity contribution is 8.27. The van der Waals surface area contributed by atoms with Crippen molar-refractivity contribution in [2.24, 2.45) is 0 Å². The predicted octanol–water partition coefficient (Wildman–Crippen LogP) is 6.56. The number of amides is 1. The van der Waals surface area contributed by atoms with Crippen LogP contribution in [-0.4, -0.2) is 16.8 Å². The van der Waals surface area contributed by atoms with Crippen LogP contribution in [0.25, 0.3) is 10.8 Å². The van der Waals surface area contributed by atoms with E-state index in [0.29, 0.717) is 9.23 Å². The molecule has 1 fully saturated rings. The number of benzene rings is 3. The summed E-state index contributed by atoms with van der Waals surface area (Å²) in [7, 11) is 0. The molecule has 3 aromatic carbocycles. The summed E-state index contributed by atoms with van der Waals surface area (Å²) in [6, 6.07) is 22.4. The average molecular weight is 447 g/mol. The van der Waals surface area contributed by atoms with Crippen molar-refractivity contribution in [1.82, 2.24) is 0 Å². The van der Waals surface area contributed by atoms with Crippen molar-refractivity contribution < 1.29 is 4.79 Å². The van der Waals surface area contributed by atoms with Crippen LogP contribution in [-0.2, 0) is 4.79 Å². The lowest BCUT2D eigenvalue weighted by atomic mass is 10.1. The fourth-order valence-electron chi connectivity index (χ4n) is 3.74. The molecule has 0 unspecified atom stereocenters. The lowest BCUT2D eigenvalue weighted by Gasteiger charge is -2.19. The molecule has 0 atom stereocenters. The molecule has 148 valence electrons. The van der Waals surface area contributed by atoms with Gasteiger partial charge >= 0.3 is 0 Å². The molecule has 6 heteroatoms. The first-order valence-electron chi connectivity index (χ1n) is 9.68. The first kappa shape index (κ1) is 19.4. The van der Waals surface area contributed by atoms with E-state index in [4.69, 9.17) is 12.2 Å². The van der Waals surface area contributed by atoms with Gasteiger partial charge in [-0.25, -0.2) is 0 Å². The standard InChI is InChI=1S/C24H18N2OS3/c1-2-25-21(29-19-13-12-16-8-6-7-11-18(16)22(19)25)15-14-20-23(27)26(24(28)30-20)17-9-4-3-5-10-17/h3-15H,2H2,1H3. The number of carbonyl (C=O) groups is 1. The lowest BCUT2D eigenvalue weighted by molar-refractivity contribution is -0.113. The van der Waals surface area contributed by atoms with E-state index < -0.39 is 0 Å². The van der Waals surface area contributed by atoms with Crippen LogP contribution in [0.4, 0.5) is 11.4 Å². The summed E-state index contributed by atoms with van der Waals surface area (Å²) in [5, 5.41) is 3.61. The molecular formula is C24H18N2OS3. The van der Waals surface area contributed by atoms with Gasteiger partial charge in [0, 0.05) is 16.8 Å². The van der Waals surface area contributed by atoms with Gasteiger partial charge in [-0.2, -0.15) is 0 Å². The molecule has 2 aliphatic rings. The van der Waals surface area contributed by atoms with Crippen molar-refractivity contribution in [2.75, 3.05) is 16.3 Å². The van der Waals surface area contributed by atoms with Crippen LogP contribution in [0.1, 0.15) is 6.92 Å². The van der Waals surface area contributed by atoms with Gasteiger partial charge in [0.2, 0.25) is 0 Å². The van der Waals surface area contributed by atoms with Crippen LogP contribution in [0.15, 0.2) is 93.7 Å². The molecule has 0 aliphatic carbocycles. The van der Waals surface area contributed by atoms with Gasteiger partial charge in [0.1, 0.15) is 0 Å². The van der Waals surface area contributed by atoms with Crippen molar-refractivity contribution in [3.8, 4) is 0 Å². The number of thiocarbonyl (C=S) groups is 1. The summed E-state index contributed by atoms with van der Waals surface area (Å²) in [6.45, 7) is 3.01. The van der Waals surface area contributed by atoms with Crippen molar-refractivity contribution in [3.05, 3.63) is 88.8 Å². The molecule has 0 saturated carbocycles. The summed E-state index contributed by atoms with van der Waals surface area (Å²) in [6.07, 6.45) is 3.95. The zero-order chi connectivity index (χ0) is 20.7. The smallest absolute Gasteiger partial charge is 0.270 e. The Morgan fingerprint density at radius 2 is 1.70 bits per heavy atom. The molecule has 1 amide bonds. The number of hydrogen-bond donors (Lipinski definition) is 0. The minimum atomic E-state index is -0.0675. The fraction of sp³-hybridized carbons (Fsp3) is 0.0833. The van der Waals surface area contributed by atoms with Gasteiger partial charge in [-0.1, -0.05) is 84.3 Å². The molecule has 0 spiro atoms. The highest BCUT2D eigenvalue weighted by Gasteiger charge is 2.33. The van der Waals surface area contributed by atoms with E-state index in [0.717, 1.165) is 17.3 Å². The van der Waals surface area contributed by atoms with Gasteiger partial charge < -0.3 is 4.90 Å². The molecule has 0 bridgehead atoms. The van der Waals surface area contributed by atoms with Gasteiger partial charge in [0.05, 0.1) is 21.3 Å². The summed E-state index contributed by atoms with van der Waals surface area (Å²) in [5.41, 5.74) is 2.05. The van der Waals surface area contributed by atoms with Gasteiger partial charge in [-0.15, -0.1) is 0 Å². The number of hydrogen-bond acceptors (Lipinski definition) is 5. The minimum absolute atomic E-state index is 0.0675. The molecule has 1 saturated heterocycles. The molecule has 3 aromatic rings. The minimum Gasteiger partial charge on any atom is -0.335 e. The summed E-state index contributed by atoms with van der Waals surface area (Å²) < 4.78 is 0.566. The number of anilines is 2. The number of nitrogens with zero attached hydrogens (tertiary/aromatic N) is 2. The molecule has 0 aromatic heterocycles. The Hall–Kier alpha value is -2.54. The largest absolute Gasteiger partial charge is 0.335 e. The molecule has 0 N–H and O–H groups in total. The van der Waals surface area contributed by atoms with E-state index in [-0.39, 0.29) is 5.91 Å². The van der Waals surface area contributed by atoms with Crippen molar-refractivity contribution >= 4 is 68.1 Å². The normalized spacial score (nSPS) is 18.8. The van der Waals surface area contributed by atoms with E-state index in [1.54, 1.807) is 16.7 Å². The van der Waals surface area contributed by atoms with Crippen LogP contribution in [0.5, 0.6) is 0 Å². The van der Waals surface area contributed by atoms with Crippen molar-refractivity contribution in [3.63, 3.8) is 0 Å². The number of allylic oxidation sites excluding steroid dienone is 2. The predicted molar refractivity (Wildman–Crippen MR) is 133 cm³/mol. The molecule has 5 rings (SSSR count). The first-order valence-corrected chi connectivity index (χ1v) is 11.7. The maximum atomic E-state index is 13.0. The summed E-state index contributed by atoms with van der Waals surface area (Å²) >= 11 is 8.57. The van der Waals surface area contributed by atoms with E-state index in [1.165, 1.54) is 33.1 Å². The molecule has 2 heterocycles. The van der Waals surface area contributed by atoms with Crippen LogP contribution in [0.2, 0.25) is 0 Å². The zero-order valence-corrected chi connectivity index (χ0v) is 18.7. The van der Waals surface area contributed by atoms with Gasteiger partial charge in [-0.05, 0) is 42.7 Å². The molecule has 3 nitrogen and oxygen atoms in total. The van der Waals surface area contributed by atoms with E-state index in [1.807, 2.05) is 42.5 Å². The van der Waals surface area contributed by atoms with E-state index in [9.17, 15) is 4.79 Å². The SMILES string of the molecule is CCN1C(=CC=C2SC(=S)N(c3ccccc3)C2=O)Sc2ccc3ccccc3c21. The van der Waals surface area contributed by atoms with Crippen LogP contribution < -0.4 is 9.80 Å². The highest BCUT2D eigenvalue weighted by atomic mass is 32.2. The number of rotatable bonds is 3. The number of fused-ring (bicyclic) bond motifs is 3. The molecular weight excluding hydrogens is 428 g/mol. The second-order valence-electron chi connectivity index (χ2n) is 6.86. The first-order chi connectivity index (χ1) is 14.7. The maximum absolute atomic E-state index is 13.0. The Morgan fingerprint density at radius 3 is 2.50 bits per heavy atom. The van der Waals surface area contributed by atoms with Crippen molar-refractivity contribution in [1.29, 1.82) is 0 Å². The van der Waals surface area contributed by atoms with Crippen LogP contribution in [0, 0.1) is 0 Å². The Kier molecular flexibility index (Phi) is 5.15. The van der Waals surface area contributed by atoms with Gasteiger partial charge in [0.15, 0.2) is 4.32 Å². The number of carbonyl (C=O) groups excluding carboxylic acids is 1. The Balaban J connectivity index is 1.48. The maximum Gasteiger partial charge on any atom is 0.270 e. The van der Waals surface area contributed by atoms with Crippen molar-refractivity contribution in [2.45, 2.75) is 11.8 Å². The topological polar surface area (TPSA) is 23.6 Å². The van der Waals surface area contributed by atoms with Crippen LogP contribution in [0.3, 0.4) is 0 Å². The second kappa shape index (κ2) is 7.95. The van der Waals surface area contributed by atoms with Gasteiger partial charge in [-0.3, -0.25) is 9.69 Å².